The second-order valence-electron chi connectivity index (χ2n) is 5.08. The molecule has 0 saturated carbocycles. The quantitative estimate of drug-likeness (QED) is 0.596. The van der Waals surface area contributed by atoms with Crippen molar-refractivity contribution in [2.24, 2.45) is 5.92 Å². The van der Waals surface area contributed by atoms with Crippen molar-refractivity contribution in [1.82, 2.24) is 4.98 Å². The molecule has 2 N–H and O–H groups in total. The topological polar surface area (TPSA) is 48.1 Å². The minimum Gasteiger partial charge on any atom is -0.494 e. The number of pyridine rings is 1. The first-order valence-electron chi connectivity index (χ1n) is 6.90. The van der Waals surface area contributed by atoms with E-state index in [4.69, 9.17) is 10.5 Å². The highest BCUT2D eigenvalue weighted by atomic mass is 19.4. The molecule has 0 spiro atoms. The standard InChI is InChI=1S/C15H21F3N2O/c1-4-10(2)6-5-7-21-11(3)12-8-13(15(16,17)18)14(19)20-9-12/h8-10H,3-7H2,1-2H3,(H2,19,20). The molecule has 0 aliphatic rings. The molecule has 1 aromatic heterocycles. The SMILES string of the molecule is C=C(OCCCC(C)CC)c1cnc(N)c(C(F)(F)F)c1. The zero-order chi connectivity index (χ0) is 16.0. The van der Waals surface area contributed by atoms with Gasteiger partial charge >= 0.3 is 6.18 Å². The van der Waals surface area contributed by atoms with Gasteiger partial charge in [0.2, 0.25) is 0 Å². The van der Waals surface area contributed by atoms with E-state index in [9.17, 15) is 13.2 Å². The monoisotopic (exact) mass is 302 g/mol. The van der Waals surface area contributed by atoms with Gasteiger partial charge in [0, 0.05) is 11.8 Å². The van der Waals surface area contributed by atoms with Crippen LogP contribution in [0.5, 0.6) is 0 Å². The number of rotatable bonds is 7. The lowest BCUT2D eigenvalue weighted by atomic mass is 10.0. The van der Waals surface area contributed by atoms with E-state index in [1.54, 1.807) is 0 Å². The molecule has 118 valence electrons. The van der Waals surface area contributed by atoms with Crippen molar-refractivity contribution in [3.05, 3.63) is 30.0 Å². The first-order chi connectivity index (χ1) is 9.75. The molecule has 1 aromatic rings. The van der Waals surface area contributed by atoms with Gasteiger partial charge in [0.15, 0.2) is 0 Å². The molecule has 0 amide bonds. The molecule has 21 heavy (non-hydrogen) atoms. The summed E-state index contributed by atoms with van der Waals surface area (Å²) in [4.78, 5) is 3.55. The van der Waals surface area contributed by atoms with Crippen LogP contribution in [0.15, 0.2) is 18.8 Å². The number of anilines is 1. The number of nitrogen functional groups attached to an aromatic ring is 1. The second kappa shape index (κ2) is 7.33. The highest BCUT2D eigenvalue weighted by molar-refractivity contribution is 5.60. The maximum Gasteiger partial charge on any atom is 0.419 e. The van der Waals surface area contributed by atoms with Crippen LogP contribution in [-0.4, -0.2) is 11.6 Å². The summed E-state index contributed by atoms with van der Waals surface area (Å²) in [5.74, 6) is 0.241. The van der Waals surface area contributed by atoms with Crippen molar-refractivity contribution in [1.29, 1.82) is 0 Å². The smallest absolute Gasteiger partial charge is 0.419 e. The molecule has 0 fully saturated rings. The number of hydrogen-bond acceptors (Lipinski definition) is 3. The summed E-state index contributed by atoms with van der Waals surface area (Å²) in [7, 11) is 0. The number of nitrogens with two attached hydrogens (primary N) is 1. The van der Waals surface area contributed by atoms with E-state index in [-0.39, 0.29) is 11.3 Å². The molecular formula is C15H21F3N2O. The fourth-order valence-corrected chi connectivity index (χ4v) is 1.77. The Labute approximate surface area is 123 Å². The molecule has 1 unspecified atom stereocenters. The maximum absolute atomic E-state index is 12.7. The van der Waals surface area contributed by atoms with Gasteiger partial charge in [-0.2, -0.15) is 13.2 Å². The van der Waals surface area contributed by atoms with E-state index >= 15 is 0 Å². The molecular weight excluding hydrogens is 281 g/mol. The Kier molecular flexibility index (Phi) is 6.05. The van der Waals surface area contributed by atoms with Crippen LogP contribution < -0.4 is 5.73 Å². The Bertz CT molecular complexity index is 486. The van der Waals surface area contributed by atoms with Crippen LogP contribution in [0.1, 0.15) is 44.2 Å². The molecule has 0 aliphatic carbocycles. The third-order valence-electron chi connectivity index (χ3n) is 3.36. The third-order valence-corrected chi connectivity index (χ3v) is 3.36. The summed E-state index contributed by atoms with van der Waals surface area (Å²) in [6.45, 7) is 8.33. The van der Waals surface area contributed by atoms with E-state index in [2.05, 4.69) is 25.4 Å². The number of aromatic nitrogens is 1. The van der Waals surface area contributed by atoms with Crippen molar-refractivity contribution >= 4 is 11.6 Å². The Morgan fingerprint density at radius 2 is 2.14 bits per heavy atom. The van der Waals surface area contributed by atoms with Gasteiger partial charge in [-0.05, 0) is 24.8 Å². The van der Waals surface area contributed by atoms with Gasteiger partial charge in [0.1, 0.15) is 11.6 Å². The predicted molar refractivity (Wildman–Crippen MR) is 77.3 cm³/mol. The lowest BCUT2D eigenvalue weighted by Gasteiger charge is -2.14. The summed E-state index contributed by atoms with van der Waals surface area (Å²) >= 11 is 0. The van der Waals surface area contributed by atoms with E-state index in [0.717, 1.165) is 25.3 Å². The van der Waals surface area contributed by atoms with Crippen LogP contribution in [0.4, 0.5) is 19.0 Å². The van der Waals surface area contributed by atoms with Crippen molar-refractivity contribution in [3.63, 3.8) is 0 Å². The fraction of sp³-hybridized carbons (Fsp3) is 0.533. The Hall–Kier alpha value is -1.72. The first kappa shape index (κ1) is 17.3. The summed E-state index contributed by atoms with van der Waals surface area (Å²) in [6.07, 6.45) is -0.358. The Balaban J connectivity index is 2.63. The van der Waals surface area contributed by atoms with Crippen LogP contribution in [0.25, 0.3) is 5.76 Å². The molecule has 1 rings (SSSR count). The molecule has 3 nitrogen and oxygen atoms in total. The van der Waals surface area contributed by atoms with Crippen LogP contribution in [0.2, 0.25) is 0 Å². The van der Waals surface area contributed by atoms with Crippen LogP contribution >= 0.6 is 0 Å². The summed E-state index contributed by atoms with van der Waals surface area (Å²) in [6, 6.07) is 0.916. The van der Waals surface area contributed by atoms with E-state index in [1.807, 2.05) is 0 Å². The van der Waals surface area contributed by atoms with Crippen LogP contribution in [0, 0.1) is 5.92 Å². The number of halogens is 3. The summed E-state index contributed by atoms with van der Waals surface area (Å²) in [5, 5.41) is 0. The second-order valence-corrected chi connectivity index (χ2v) is 5.08. The molecule has 0 bridgehead atoms. The molecule has 0 saturated heterocycles. The van der Waals surface area contributed by atoms with E-state index < -0.39 is 17.6 Å². The molecule has 0 aromatic carbocycles. The zero-order valence-electron chi connectivity index (χ0n) is 12.3. The van der Waals surface area contributed by atoms with Gasteiger partial charge in [0.25, 0.3) is 0 Å². The van der Waals surface area contributed by atoms with Crippen LogP contribution in [-0.2, 0) is 10.9 Å². The Morgan fingerprint density at radius 3 is 2.71 bits per heavy atom. The van der Waals surface area contributed by atoms with Gasteiger partial charge in [-0.3, -0.25) is 0 Å². The highest BCUT2D eigenvalue weighted by Gasteiger charge is 2.34. The molecule has 0 aliphatic heterocycles. The first-order valence-corrected chi connectivity index (χ1v) is 6.90. The van der Waals surface area contributed by atoms with Gasteiger partial charge in [-0.1, -0.05) is 26.8 Å². The van der Waals surface area contributed by atoms with Crippen molar-refractivity contribution < 1.29 is 17.9 Å². The molecule has 0 radical (unpaired) electrons. The lowest BCUT2D eigenvalue weighted by molar-refractivity contribution is -0.137. The number of hydrogen-bond donors (Lipinski definition) is 1. The molecule has 1 heterocycles. The largest absolute Gasteiger partial charge is 0.494 e. The van der Waals surface area contributed by atoms with E-state index in [0.29, 0.717) is 12.5 Å². The van der Waals surface area contributed by atoms with Gasteiger partial charge in [-0.15, -0.1) is 0 Å². The van der Waals surface area contributed by atoms with Crippen LogP contribution in [0.3, 0.4) is 0 Å². The normalized spacial score (nSPS) is 13.0. The minimum atomic E-state index is -4.54. The van der Waals surface area contributed by atoms with E-state index in [1.165, 1.54) is 6.20 Å². The number of nitrogens with zero attached hydrogens (tertiary/aromatic N) is 1. The number of ether oxygens (including phenoxy) is 1. The average molecular weight is 302 g/mol. The highest BCUT2D eigenvalue weighted by Crippen LogP contribution is 2.34. The summed E-state index contributed by atoms with van der Waals surface area (Å²) < 4.78 is 43.6. The Morgan fingerprint density at radius 1 is 1.48 bits per heavy atom. The summed E-state index contributed by atoms with van der Waals surface area (Å²) in [5.41, 5.74) is 4.47. The molecule has 6 heteroatoms. The minimum absolute atomic E-state index is 0.178. The van der Waals surface area contributed by atoms with Gasteiger partial charge in [0.05, 0.1) is 12.2 Å². The molecule has 1 atom stereocenters. The average Bonchev–Trinajstić information content (AvgIpc) is 2.42. The third kappa shape index (κ3) is 5.28. The predicted octanol–water partition coefficient (Wildman–Crippen LogP) is 4.50. The van der Waals surface area contributed by atoms with Crippen molar-refractivity contribution in [2.75, 3.05) is 12.3 Å². The van der Waals surface area contributed by atoms with Gasteiger partial charge in [-0.25, -0.2) is 4.98 Å². The lowest BCUT2D eigenvalue weighted by Crippen LogP contribution is -2.11. The fourth-order valence-electron chi connectivity index (χ4n) is 1.77. The number of alkyl halides is 3. The van der Waals surface area contributed by atoms with Gasteiger partial charge < -0.3 is 10.5 Å². The van der Waals surface area contributed by atoms with Crippen molar-refractivity contribution in [3.8, 4) is 0 Å². The zero-order valence-corrected chi connectivity index (χ0v) is 12.3. The maximum atomic E-state index is 12.7. The van der Waals surface area contributed by atoms with Crippen molar-refractivity contribution in [2.45, 2.75) is 39.3 Å².